The monoisotopic (exact) mass is 330 g/mol. The molecule has 8 heteroatoms. The molecule has 0 unspecified atom stereocenters. The van der Waals surface area contributed by atoms with Crippen LogP contribution >= 0.6 is 12.2 Å². The Hall–Kier alpha value is -2.87. The molecule has 0 bridgehead atoms. The summed E-state index contributed by atoms with van der Waals surface area (Å²) in [6.07, 6.45) is 3.22. The first-order valence-corrected chi connectivity index (χ1v) is 7.11. The van der Waals surface area contributed by atoms with Crippen LogP contribution in [0.5, 0.6) is 11.5 Å². The van der Waals surface area contributed by atoms with Crippen molar-refractivity contribution >= 4 is 18.4 Å². The number of methoxy groups -OCH3 is 2. The van der Waals surface area contributed by atoms with Gasteiger partial charge in [-0.3, -0.25) is 0 Å². The number of aromatic amines is 1. The number of ether oxygens (including phenoxy) is 2. The van der Waals surface area contributed by atoms with Gasteiger partial charge in [-0.05, 0) is 48.1 Å². The summed E-state index contributed by atoms with van der Waals surface area (Å²) in [5, 5.41) is 11.2. The van der Waals surface area contributed by atoms with Gasteiger partial charge < -0.3 is 13.9 Å². The van der Waals surface area contributed by atoms with Gasteiger partial charge in [0.15, 0.2) is 17.3 Å². The molecule has 118 valence electrons. The summed E-state index contributed by atoms with van der Waals surface area (Å²) in [6, 6.07) is 9.05. The Morgan fingerprint density at radius 3 is 2.78 bits per heavy atom. The van der Waals surface area contributed by atoms with Crippen molar-refractivity contribution in [3.05, 3.63) is 46.9 Å². The van der Waals surface area contributed by atoms with Crippen LogP contribution in [0.25, 0.3) is 11.6 Å². The number of rotatable bonds is 5. The Labute approximate surface area is 137 Å². The van der Waals surface area contributed by atoms with Crippen molar-refractivity contribution < 1.29 is 13.9 Å². The van der Waals surface area contributed by atoms with Crippen molar-refractivity contribution in [2.75, 3.05) is 14.2 Å². The van der Waals surface area contributed by atoms with E-state index in [1.165, 1.54) is 4.68 Å². The van der Waals surface area contributed by atoms with E-state index >= 15 is 0 Å². The topological polar surface area (TPSA) is 77.6 Å². The van der Waals surface area contributed by atoms with Gasteiger partial charge in [0.05, 0.1) is 26.7 Å². The van der Waals surface area contributed by atoms with Crippen LogP contribution < -0.4 is 9.47 Å². The molecular weight excluding hydrogens is 316 g/mol. The smallest absolute Gasteiger partial charge is 0.219 e. The van der Waals surface area contributed by atoms with Gasteiger partial charge in [0.25, 0.3) is 0 Å². The van der Waals surface area contributed by atoms with Gasteiger partial charge in [-0.2, -0.15) is 9.78 Å². The highest BCUT2D eigenvalue weighted by Crippen LogP contribution is 2.27. The molecule has 0 fully saturated rings. The first-order valence-electron chi connectivity index (χ1n) is 6.70. The number of furan rings is 1. The van der Waals surface area contributed by atoms with Crippen LogP contribution in [0.4, 0.5) is 0 Å². The Balaban J connectivity index is 1.95. The van der Waals surface area contributed by atoms with E-state index in [2.05, 4.69) is 15.3 Å². The lowest BCUT2D eigenvalue weighted by molar-refractivity contribution is 0.355. The number of H-pyrrole nitrogens is 1. The van der Waals surface area contributed by atoms with Gasteiger partial charge in [-0.25, -0.2) is 5.10 Å². The maximum atomic E-state index is 5.33. The highest BCUT2D eigenvalue weighted by Gasteiger charge is 2.10. The molecule has 0 spiro atoms. The van der Waals surface area contributed by atoms with Crippen LogP contribution in [0.15, 0.2) is 46.1 Å². The van der Waals surface area contributed by atoms with Crippen LogP contribution in [-0.4, -0.2) is 35.3 Å². The average molecular weight is 330 g/mol. The third-order valence-corrected chi connectivity index (χ3v) is 3.39. The molecule has 0 radical (unpaired) electrons. The molecule has 0 saturated carbocycles. The average Bonchev–Trinajstić information content (AvgIpc) is 3.22. The molecule has 2 heterocycles. The largest absolute Gasteiger partial charge is 0.493 e. The molecule has 7 nitrogen and oxygen atoms in total. The second kappa shape index (κ2) is 6.49. The second-order valence-corrected chi connectivity index (χ2v) is 4.89. The molecule has 1 N–H and O–H groups in total. The van der Waals surface area contributed by atoms with Crippen molar-refractivity contribution in [3.63, 3.8) is 0 Å². The molecule has 0 amide bonds. The molecule has 1 aromatic carbocycles. The fourth-order valence-electron chi connectivity index (χ4n) is 2.02. The molecule has 0 atom stereocenters. The number of benzene rings is 1. The molecule has 2 aromatic heterocycles. The summed E-state index contributed by atoms with van der Waals surface area (Å²) < 4.78 is 17.7. The Bertz CT molecular complexity index is 881. The summed E-state index contributed by atoms with van der Waals surface area (Å²) >= 11 is 5.20. The number of hydrogen-bond donors (Lipinski definition) is 1. The van der Waals surface area contributed by atoms with Crippen molar-refractivity contribution in [2.45, 2.75) is 0 Å². The zero-order chi connectivity index (χ0) is 16.2. The molecule has 0 aliphatic heterocycles. The fraction of sp³-hybridized carbons (Fsp3) is 0.133. The summed E-state index contributed by atoms with van der Waals surface area (Å²) in [6.45, 7) is 0. The minimum Gasteiger partial charge on any atom is -0.493 e. The molecular formula is C15H14N4O3S. The van der Waals surface area contributed by atoms with Crippen LogP contribution in [0, 0.1) is 4.77 Å². The summed E-state index contributed by atoms with van der Waals surface area (Å²) in [5.74, 6) is 2.35. The van der Waals surface area contributed by atoms with E-state index in [-0.39, 0.29) is 0 Å². The van der Waals surface area contributed by atoms with Gasteiger partial charge in [0.1, 0.15) is 0 Å². The number of nitrogens with zero attached hydrogens (tertiary/aromatic N) is 3. The van der Waals surface area contributed by atoms with E-state index < -0.39 is 0 Å². The maximum absolute atomic E-state index is 5.33. The predicted octanol–water partition coefficient (Wildman–Crippen LogP) is 3.10. The molecule has 0 aliphatic rings. The van der Waals surface area contributed by atoms with Crippen LogP contribution in [-0.2, 0) is 0 Å². The van der Waals surface area contributed by atoms with Crippen LogP contribution in [0.3, 0.4) is 0 Å². The zero-order valence-electron chi connectivity index (χ0n) is 12.5. The highest BCUT2D eigenvalue weighted by molar-refractivity contribution is 7.71. The lowest BCUT2D eigenvalue weighted by Crippen LogP contribution is -1.95. The third kappa shape index (κ3) is 3.02. The van der Waals surface area contributed by atoms with E-state index in [4.69, 9.17) is 26.1 Å². The van der Waals surface area contributed by atoms with E-state index in [0.717, 1.165) is 5.56 Å². The predicted molar refractivity (Wildman–Crippen MR) is 87.7 cm³/mol. The molecule has 23 heavy (non-hydrogen) atoms. The zero-order valence-corrected chi connectivity index (χ0v) is 13.3. The summed E-state index contributed by atoms with van der Waals surface area (Å²) in [7, 11) is 3.17. The molecule has 0 saturated heterocycles. The highest BCUT2D eigenvalue weighted by atomic mass is 32.1. The first-order chi connectivity index (χ1) is 11.2. The summed E-state index contributed by atoms with van der Waals surface area (Å²) in [5.41, 5.74) is 0.830. The number of hydrogen-bond acceptors (Lipinski definition) is 6. The van der Waals surface area contributed by atoms with Crippen molar-refractivity contribution in [1.82, 2.24) is 14.9 Å². The SMILES string of the molecule is COc1ccc(C=Nn2c(-c3ccco3)n[nH]c2=S)cc1OC. The lowest BCUT2D eigenvalue weighted by Gasteiger charge is -2.07. The van der Waals surface area contributed by atoms with Crippen LogP contribution in [0.1, 0.15) is 5.56 Å². The third-order valence-electron chi connectivity index (χ3n) is 3.12. The Morgan fingerprint density at radius 2 is 2.09 bits per heavy atom. The standard InChI is InChI=1S/C15H14N4O3S/c1-20-11-6-5-10(8-13(11)21-2)9-16-19-14(17-18-15(19)23)12-4-3-7-22-12/h3-9H,1-2H3,(H,18,23). The lowest BCUT2D eigenvalue weighted by atomic mass is 10.2. The van der Waals surface area contributed by atoms with E-state index in [1.807, 2.05) is 18.2 Å². The van der Waals surface area contributed by atoms with Gasteiger partial charge in [0, 0.05) is 0 Å². The van der Waals surface area contributed by atoms with Crippen molar-refractivity contribution in [3.8, 4) is 23.1 Å². The van der Waals surface area contributed by atoms with Gasteiger partial charge >= 0.3 is 0 Å². The quantitative estimate of drug-likeness (QED) is 0.574. The number of nitrogens with one attached hydrogen (secondary N) is 1. The summed E-state index contributed by atoms with van der Waals surface area (Å²) in [4.78, 5) is 0. The molecule has 0 aliphatic carbocycles. The van der Waals surface area contributed by atoms with E-state index in [1.54, 1.807) is 38.8 Å². The fourth-order valence-corrected chi connectivity index (χ4v) is 2.20. The Kier molecular flexibility index (Phi) is 4.24. The first kappa shape index (κ1) is 15.0. The van der Waals surface area contributed by atoms with Crippen molar-refractivity contribution in [2.24, 2.45) is 5.10 Å². The minimum atomic E-state index is 0.369. The van der Waals surface area contributed by atoms with Crippen LogP contribution in [0.2, 0.25) is 0 Å². The minimum absolute atomic E-state index is 0.369. The maximum Gasteiger partial charge on any atom is 0.219 e. The van der Waals surface area contributed by atoms with Crippen molar-refractivity contribution in [1.29, 1.82) is 0 Å². The van der Waals surface area contributed by atoms with Gasteiger partial charge in [0.2, 0.25) is 10.6 Å². The van der Waals surface area contributed by atoms with Gasteiger partial charge in [-0.1, -0.05) is 0 Å². The molecule has 3 aromatic rings. The van der Waals surface area contributed by atoms with E-state index in [0.29, 0.717) is 27.9 Å². The normalized spacial score (nSPS) is 11.0. The van der Waals surface area contributed by atoms with Gasteiger partial charge in [-0.15, -0.1) is 5.10 Å². The Morgan fingerprint density at radius 1 is 1.26 bits per heavy atom. The van der Waals surface area contributed by atoms with E-state index in [9.17, 15) is 0 Å². The molecule has 3 rings (SSSR count). The number of aromatic nitrogens is 3. The second-order valence-electron chi connectivity index (χ2n) is 4.50.